The highest BCUT2D eigenvalue weighted by Gasteiger charge is 2.57. The van der Waals surface area contributed by atoms with Crippen LogP contribution in [0.25, 0.3) is 0 Å². The molecule has 2 unspecified atom stereocenters. The maximum absolute atomic E-state index is 5.32. The highest BCUT2D eigenvalue weighted by Crippen LogP contribution is 2.64. The van der Waals surface area contributed by atoms with Gasteiger partial charge in [-0.15, -0.1) is 0 Å². The van der Waals surface area contributed by atoms with Crippen molar-refractivity contribution in [2.75, 3.05) is 20.2 Å². The van der Waals surface area contributed by atoms with Crippen molar-refractivity contribution >= 4 is 0 Å². The topological polar surface area (TPSA) is 21.3 Å². The smallest absolute Gasteiger partial charge is 0.0715 e. The summed E-state index contributed by atoms with van der Waals surface area (Å²) in [7, 11) is 1.77. The van der Waals surface area contributed by atoms with Crippen molar-refractivity contribution in [3.8, 4) is 0 Å². The van der Waals surface area contributed by atoms with Gasteiger partial charge in [-0.3, -0.25) is 0 Å². The average Bonchev–Trinajstić information content (AvgIpc) is 2.89. The highest BCUT2D eigenvalue weighted by molar-refractivity contribution is 5.38. The SMILES string of the molecule is CCNCC1C(c2ccccc2COC)C1(C)C. The second-order valence-electron chi connectivity index (χ2n) is 5.85. The van der Waals surface area contributed by atoms with Gasteiger partial charge in [0.15, 0.2) is 0 Å². The zero-order valence-corrected chi connectivity index (χ0v) is 12.0. The fourth-order valence-corrected chi connectivity index (χ4v) is 3.17. The zero-order valence-electron chi connectivity index (χ0n) is 12.0. The Hall–Kier alpha value is -0.860. The summed E-state index contributed by atoms with van der Waals surface area (Å²) in [5.74, 6) is 1.42. The summed E-state index contributed by atoms with van der Waals surface area (Å²) in [6, 6.07) is 8.71. The summed E-state index contributed by atoms with van der Waals surface area (Å²) in [5.41, 5.74) is 3.23. The van der Waals surface area contributed by atoms with Gasteiger partial charge in [0, 0.05) is 7.11 Å². The molecule has 0 aliphatic heterocycles. The lowest BCUT2D eigenvalue weighted by Crippen LogP contribution is -2.17. The third-order valence-electron chi connectivity index (χ3n) is 4.35. The Balaban J connectivity index is 2.17. The molecule has 0 saturated heterocycles. The summed E-state index contributed by atoms with van der Waals surface area (Å²) >= 11 is 0. The van der Waals surface area contributed by atoms with Crippen LogP contribution in [-0.2, 0) is 11.3 Å². The predicted octanol–water partition coefficient (Wildman–Crippen LogP) is 3.18. The molecular weight excluding hydrogens is 222 g/mol. The molecule has 18 heavy (non-hydrogen) atoms. The first-order valence-electron chi connectivity index (χ1n) is 6.90. The van der Waals surface area contributed by atoms with E-state index in [0.717, 1.165) is 25.6 Å². The molecule has 1 aromatic carbocycles. The largest absolute Gasteiger partial charge is 0.380 e. The molecule has 1 aliphatic rings. The monoisotopic (exact) mass is 247 g/mol. The Morgan fingerprint density at radius 3 is 2.67 bits per heavy atom. The van der Waals surface area contributed by atoms with Crippen LogP contribution in [-0.4, -0.2) is 20.2 Å². The van der Waals surface area contributed by atoms with Crippen molar-refractivity contribution < 1.29 is 4.74 Å². The van der Waals surface area contributed by atoms with Crippen LogP contribution in [0.15, 0.2) is 24.3 Å². The van der Waals surface area contributed by atoms with E-state index in [-0.39, 0.29) is 0 Å². The predicted molar refractivity (Wildman–Crippen MR) is 75.7 cm³/mol. The molecule has 2 heteroatoms. The minimum Gasteiger partial charge on any atom is -0.380 e. The van der Waals surface area contributed by atoms with Crippen LogP contribution in [0.5, 0.6) is 0 Å². The lowest BCUT2D eigenvalue weighted by Gasteiger charge is -2.09. The molecule has 0 amide bonds. The molecule has 1 aromatic rings. The molecule has 0 bridgehead atoms. The van der Waals surface area contributed by atoms with E-state index in [9.17, 15) is 0 Å². The van der Waals surface area contributed by atoms with Crippen LogP contribution < -0.4 is 5.32 Å². The minimum atomic E-state index is 0.409. The molecule has 1 N–H and O–H groups in total. The molecule has 0 radical (unpaired) electrons. The fourth-order valence-electron chi connectivity index (χ4n) is 3.17. The number of benzene rings is 1. The van der Waals surface area contributed by atoms with Gasteiger partial charge in [-0.2, -0.15) is 0 Å². The van der Waals surface area contributed by atoms with Crippen LogP contribution in [0.1, 0.15) is 37.8 Å². The molecule has 1 fully saturated rings. The van der Waals surface area contributed by atoms with Gasteiger partial charge >= 0.3 is 0 Å². The van der Waals surface area contributed by atoms with Crippen molar-refractivity contribution in [2.24, 2.45) is 11.3 Å². The summed E-state index contributed by atoms with van der Waals surface area (Å²) in [4.78, 5) is 0. The second-order valence-corrected chi connectivity index (χ2v) is 5.85. The number of nitrogens with one attached hydrogen (secondary N) is 1. The Morgan fingerprint density at radius 1 is 1.28 bits per heavy atom. The highest BCUT2D eigenvalue weighted by atomic mass is 16.5. The van der Waals surface area contributed by atoms with E-state index >= 15 is 0 Å². The van der Waals surface area contributed by atoms with Crippen LogP contribution in [0, 0.1) is 11.3 Å². The maximum Gasteiger partial charge on any atom is 0.0715 e. The van der Waals surface area contributed by atoms with Crippen LogP contribution in [0.2, 0.25) is 0 Å². The average molecular weight is 247 g/mol. The number of hydrogen-bond donors (Lipinski definition) is 1. The molecule has 2 atom stereocenters. The molecule has 2 nitrogen and oxygen atoms in total. The van der Waals surface area contributed by atoms with Gasteiger partial charge in [0.25, 0.3) is 0 Å². The summed E-state index contributed by atoms with van der Waals surface area (Å²) in [6.45, 7) is 9.82. The Kier molecular flexibility index (Phi) is 4.08. The molecule has 0 heterocycles. The van der Waals surface area contributed by atoms with Gasteiger partial charge in [-0.25, -0.2) is 0 Å². The first kappa shape index (κ1) is 13.6. The first-order valence-corrected chi connectivity index (χ1v) is 6.90. The van der Waals surface area contributed by atoms with Gasteiger partial charge in [-0.05, 0) is 41.5 Å². The molecule has 100 valence electrons. The lowest BCUT2D eigenvalue weighted by atomic mass is 9.98. The second kappa shape index (κ2) is 5.41. The molecule has 2 rings (SSSR count). The maximum atomic E-state index is 5.32. The normalized spacial score (nSPS) is 25.1. The van der Waals surface area contributed by atoms with Crippen LogP contribution >= 0.6 is 0 Å². The van der Waals surface area contributed by atoms with Crippen molar-refractivity contribution in [3.63, 3.8) is 0 Å². The van der Waals surface area contributed by atoms with E-state index in [1.54, 1.807) is 7.11 Å². The van der Waals surface area contributed by atoms with Gasteiger partial charge in [0.1, 0.15) is 0 Å². The molecule has 0 spiro atoms. The van der Waals surface area contributed by atoms with Crippen molar-refractivity contribution in [2.45, 2.75) is 33.3 Å². The molecular formula is C16H25NO. The third kappa shape index (κ3) is 2.45. The van der Waals surface area contributed by atoms with E-state index in [0.29, 0.717) is 11.3 Å². The Morgan fingerprint density at radius 2 is 2.00 bits per heavy atom. The van der Waals surface area contributed by atoms with E-state index < -0.39 is 0 Å². The summed E-state index contributed by atoms with van der Waals surface area (Å²) in [5, 5.41) is 3.49. The van der Waals surface area contributed by atoms with Crippen LogP contribution in [0.4, 0.5) is 0 Å². The summed E-state index contributed by atoms with van der Waals surface area (Å²) < 4.78 is 5.32. The van der Waals surface area contributed by atoms with Crippen molar-refractivity contribution in [3.05, 3.63) is 35.4 Å². The van der Waals surface area contributed by atoms with Crippen molar-refractivity contribution in [1.29, 1.82) is 0 Å². The van der Waals surface area contributed by atoms with Crippen molar-refractivity contribution in [1.82, 2.24) is 5.32 Å². The molecule has 0 aromatic heterocycles. The van der Waals surface area contributed by atoms with Gasteiger partial charge < -0.3 is 10.1 Å². The van der Waals surface area contributed by atoms with E-state index in [1.165, 1.54) is 11.1 Å². The summed E-state index contributed by atoms with van der Waals surface area (Å²) in [6.07, 6.45) is 0. The molecule has 1 aliphatic carbocycles. The Labute approximate surface area is 111 Å². The standard InChI is InChI=1S/C16H25NO/c1-5-17-10-14-15(16(14,2)3)13-9-7-6-8-12(13)11-18-4/h6-9,14-15,17H,5,10-11H2,1-4H3. The van der Waals surface area contributed by atoms with Gasteiger partial charge in [0.2, 0.25) is 0 Å². The third-order valence-corrected chi connectivity index (χ3v) is 4.35. The van der Waals surface area contributed by atoms with E-state index in [2.05, 4.69) is 50.4 Å². The fraction of sp³-hybridized carbons (Fsp3) is 0.625. The first-order chi connectivity index (χ1) is 8.62. The van der Waals surface area contributed by atoms with Crippen LogP contribution in [0.3, 0.4) is 0 Å². The minimum absolute atomic E-state index is 0.409. The number of methoxy groups -OCH3 is 1. The number of ether oxygens (including phenoxy) is 1. The molecule has 1 saturated carbocycles. The quantitative estimate of drug-likeness (QED) is 0.833. The zero-order chi connectivity index (χ0) is 13.2. The number of hydrogen-bond acceptors (Lipinski definition) is 2. The Bertz CT molecular complexity index is 400. The van der Waals surface area contributed by atoms with E-state index in [1.807, 2.05) is 0 Å². The van der Waals surface area contributed by atoms with E-state index in [4.69, 9.17) is 4.74 Å². The lowest BCUT2D eigenvalue weighted by molar-refractivity contribution is 0.184. The van der Waals surface area contributed by atoms with Gasteiger partial charge in [-0.1, -0.05) is 45.0 Å². The number of rotatable bonds is 6. The van der Waals surface area contributed by atoms with Gasteiger partial charge in [0.05, 0.1) is 6.61 Å².